The molecule has 0 aliphatic heterocycles. The average Bonchev–Trinajstić information content (AvgIpc) is 2.24. The van der Waals surface area contributed by atoms with E-state index in [4.69, 9.17) is 11.5 Å². The molecule has 7 heteroatoms. The molecule has 7 nitrogen and oxygen atoms in total. The van der Waals surface area contributed by atoms with E-state index in [1.165, 1.54) is 0 Å². The van der Waals surface area contributed by atoms with Gasteiger partial charge in [0, 0.05) is 0 Å². The van der Waals surface area contributed by atoms with Crippen LogP contribution in [0.3, 0.4) is 0 Å². The second-order valence-electron chi connectivity index (χ2n) is 2.59. The molecular weight excluding hydrogens is 202 g/mol. The number of rotatable bonds is 5. The molecule has 0 unspecified atom stereocenters. The third-order valence-corrected chi connectivity index (χ3v) is 1.54. The first-order valence-corrected chi connectivity index (χ1v) is 4.45. The van der Waals surface area contributed by atoms with Crippen LogP contribution in [0.2, 0.25) is 0 Å². The third kappa shape index (κ3) is 4.52. The summed E-state index contributed by atoms with van der Waals surface area (Å²) >= 11 is 0. The summed E-state index contributed by atoms with van der Waals surface area (Å²) in [5.74, 6) is -1.97. The van der Waals surface area contributed by atoms with Crippen molar-refractivity contribution in [3.63, 3.8) is 0 Å². The van der Waals surface area contributed by atoms with Crippen LogP contribution in [0.5, 0.6) is 0 Å². The van der Waals surface area contributed by atoms with Gasteiger partial charge >= 0.3 is 5.97 Å². The van der Waals surface area contributed by atoms with Gasteiger partial charge in [-0.25, -0.2) is 0 Å². The molecule has 0 bridgehead atoms. The van der Waals surface area contributed by atoms with Gasteiger partial charge in [-0.2, -0.15) is 0 Å². The molecule has 4 N–H and O–H groups in total. The van der Waals surface area contributed by atoms with E-state index in [0.29, 0.717) is 4.90 Å². The lowest BCUT2D eigenvalue weighted by Crippen LogP contribution is -2.46. The highest BCUT2D eigenvalue weighted by molar-refractivity contribution is 5.99. The molecule has 0 rings (SSSR count). The van der Waals surface area contributed by atoms with Crippen LogP contribution in [0.25, 0.3) is 0 Å². The first-order valence-electron chi connectivity index (χ1n) is 4.45. The van der Waals surface area contributed by atoms with Crippen LogP contribution in [-0.2, 0) is 19.1 Å². The fourth-order valence-corrected chi connectivity index (χ4v) is 0.872. The molecule has 0 fully saturated rings. The topological polar surface area (TPSA) is 116 Å². The van der Waals surface area contributed by atoms with Crippen molar-refractivity contribution in [3.05, 3.63) is 0 Å². The fraction of sp³-hybridized carbons (Fsp3) is 0.625. The fourth-order valence-electron chi connectivity index (χ4n) is 0.872. The van der Waals surface area contributed by atoms with E-state index in [9.17, 15) is 14.4 Å². The number of hydrogen-bond acceptors (Lipinski definition) is 6. The van der Waals surface area contributed by atoms with Gasteiger partial charge in [0.15, 0.2) is 0 Å². The van der Waals surface area contributed by atoms with Crippen LogP contribution in [0.15, 0.2) is 0 Å². The van der Waals surface area contributed by atoms with E-state index in [1.807, 2.05) is 0 Å². The molecule has 0 spiro atoms. The monoisotopic (exact) mass is 217 g/mol. The molecule has 0 radical (unpaired) electrons. The maximum absolute atomic E-state index is 11.2. The quantitative estimate of drug-likeness (QED) is 0.506. The number of hydrogen-bond donors (Lipinski definition) is 2. The lowest BCUT2D eigenvalue weighted by molar-refractivity contribution is -0.154. The minimum Gasteiger partial charge on any atom is -0.465 e. The summed E-state index contributed by atoms with van der Waals surface area (Å²) in [5.41, 5.74) is 10.2. The number of imide groups is 1. The number of carbonyl (C=O) groups is 3. The second kappa shape index (κ2) is 6.91. The van der Waals surface area contributed by atoms with Crippen molar-refractivity contribution in [1.29, 1.82) is 0 Å². The molecule has 0 heterocycles. The van der Waals surface area contributed by atoms with Crippen LogP contribution in [-0.4, -0.2) is 48.9 Å². The van der Waals surface area contributed by atoms with E-state index < -0.39 is 24.3 Å². The van der Waals surface area contributed by atoms with Crippen molar-refractivity contribution < 1.29 is 19.1 Å². The average molecular weight is 217 g/mol. The van der Waals surface area contributed by atoms with Gasteiger partial charge in [-0.15, -0.1) is 0 Å². The van der Waals surface area contributed by atoms with E-state index in [-0.39, 0.29) is 19.7 Å². The SMILES string of the molecule is CCOC(=O)CN(C(=O)CN)C(=O)CN. The van der Waals surface area contributed by atoms with Crippen molar-refractivity contribution in [2.24, 2.45) is 11.5 Å². The molecule has 0 aliphatic carbocycles. The zero-order valence-corrected chi connectivity index (χ0v) is 8.56. The summed E-state index contributed by atoms with van der Waals surface area (Å²) in [7, 11) is 0. The van der Waals surface area contributed by atoms with Crippen molar-refractivity contribution >= 4 is 17.8 Å². The van der Waals surface area contributed by atoms with Gasteiger partial charge in [0.05, 0.1) is 19.7 Å². The van der Waals surface area contributed by atoms with Crippen molar-refractivity contribution in [1.82, 2.24) is 4.90 Å². The van der Waals surface area contributed by atoms with E-state index in [1.54, 1.807) is 6.92 Å². The van der Waals surface area contributed by atoms with Crippen molar-refractivity contribution in [2.75, 3.05) is 26.2 Å². The van der Waals surface area contributed by atoms with Crippen LogP contribution < -0.4 is 11.5 Å². The summed E-state index contributed by atoms with van der Waals surface area (Å²) in [4.78, 5) is 34.1. The van der Waals surface area contributed by atoms with Crippen molar-refractivity contribution in [2.45, 2.75) is 6.92 Å². The molecular formula is C8H15N3O4. The molecule has 0 aromatic carbocycles. The maximum Gasteiger partial charge on any atom is 0.326 e. The van der Waals surface area contributed by atoms with Gasteiger partial charge < -0.3 is 16.2 Å². The van der Waals surface area contributed by atoms with E-state index in [2.05, 4.69) is 4.74 Å². The van der Waals surface area contributed by atoms with Crippen LogP contribution >= 0.6 is 0 Å². The predicted molar refractivity (Wildman–Crippen MR) is 51.5 cm³/mol. The summed E-state index contributed by atoms with van der Waals surface area (Å²) in [6, 6.07) is 0. The van der Waals surface area contributed by atoms with Crippen molar-refractivity contribution in [3.8, 4) is 0 Å². The lowest BCUT2D eigenvalue weighted by atomic mass is 10.4. The number of carbonyl (C=O) groups excluding carboxylic acids is 3. The molecule has 15 heavy (non-hydrogen) atoms. The first-order chi connectivity index (χ1) is 7.06. The third-order valence-electron chi connectivity index (χ3n) is 1.54. The Balaban J connectivity index is 4.44. The van der Waals surface area contributed by atoms with Crippen LogP contribution in [0, 0.1) is 0 Å². The zero-order chi connectivity index (χ0) is 11.8. The number of nitrogens with zero attached hydrogens (tertiary/aromatic N) is 1. The van der Waals surface area contributed by atoms with Gasteiger partial charge in [-0.3, -0.25) is 19.3 Å². The number of ether oxygens (including phenoxy) is 1. The molecule has 0 atom stereocenters. The van der Waals surface area contributed by atoms with Gasteiger partial charge in [-0.05, 0) is 6.92 Å². The maximum atomic E-state index is 11.2. The highest BCUT2D eigenvalue weighted by Crippen LogP contribution is 1.92. The Morgan fingerprint density at radius 2 is 1.60 bits per heavy atom. The molecule has 0 saturated heterocycles. The Hall–Kier alpha value is -1.47. The molecule has 0 aromatic heterocycles. The molecule has 0 saturated carbocycles. The van der Waals surface area contributed by atoms with Crippen LogP contribution in [0.1, 0.15) is 6.92 Å². The Labute approximate surface area is 87.3 Å². The predicted octanol–water partition coefficient (Wildman–Crippen LogP) is -2.18. The Bertz CT molecular complexity index is 238. The molecule has 0 aliphatic rings. The van der Waals surface area contributed by atoms with Gasteiger partial charge in [0.1, 0.15) is 6.54 Å². The normalized spacial score (nSPS) is 9.53. The molecule has 2 amide bonds. The highest BCUT2D eigenvalue weighted by atomic mass is 16.5. The minimum absolute atomic E-state index is 0.181. The Kier molecular flexibility index (Phi) is 6.23. The lowest BCUT2D eigenvalue weighted by Gasteiger charge is -2.17. The second-order valence-corrected chi connectivity index (χ2v) is 2.59. The molecule has 86 valence electrons. The number of esters is 1. The van der Waals surface area contributed by atoms with Gasteiger partial charge in [0.25, 0.3) is 0 Å². The van der Waals surface area contributed by atoms with Gasteiger partial charge in [-0.1, -0.05) is 0 Å². The summed E-state index contributed by atoms with van der Waals surface area (Å²) in [5, 5.41) is 0. The van der Waals surface area contributed by atoms with Crippen LogP contribution in [0.4, 0.5) is 0 Å². The minimum atomic E-state index is -0.666. The standard InChI is InChI=1S/C8H15N3O4/c1-2-15-8(14)5-11(6(12)3-9)7(13)4-10/h2-5,9-10H2,1H3. The van der Waals surface area contributed by atoms with E-state index in [0.717, 1.165) is 0 Å². The molecule has 0 aromatic rings. The smallest absolute Gasteiger partial charge is 0.326 e. The summed E-state index contributed by atoms with van der Waals surface area (Å²) in [6.07, 6.45) is 0. The number of nitrogens with two attached hydrogens (primary N) is 2. The van der Waals surface area contributed by atoms with E-state index >= 15 is 0 Å². The zero-order valence-electron chi connectivity index (χ0n) is 8.56. The van der Waals surface area contributed by atoms with Gasteiger partial charge in [0.2, 0.25) is 11.8 Å². The Morgan fingerprint density at radius 1 is 1.13 bits per heavy atom. The Morgan fingerprint density at radius 3 is 1.93 bits per heavy atom. The largest absolute Gasteiger partial charge is 0.465 e. The summed E-state index contributed by atoms with van der Waals surface area (Å²) in [6.45, 7) is 0.647. The summed E-state index contributed by atoms with van der Waals surface area (Å²) < 4.78 is 4.60. The number of amides is 2. The highest BCUT2D eigenvalue weighted by Gasteiger charge is 2.22. The first kappa shape index (κ1) is 13.5.